The van der Waals surface area contributed by atoms with Crippen LogP contribution in [-0.2, 0) is 13.1 Å². The van der Waals surface area contributed by atoms with Crippen LogP contribution < -0.4 is 10.1 Å². The van der Waals surface area contributed by atoms with Crippen molar-refractivity contribution in [3.63, 3.8) is 0 Å². The molecule has 4 rings (SSSR count). The Kier molecular flexibility index (Phi) is 7.25. The number of aliphatic imine (C=N–C) groups is 1. The molecule has 0 saturated carbocycles. The molecule has 0 unspecified atom stereocenters. The summed E-state index contributed by atoms with van der Waals surface area (Å²) in [5.74, 6) is 1.95. The Labute approximate surface area is 180 Å². The fraction of sp³-hybridized carbons (Fsp3) is 0.480. The molecule has 5 nitrogen and oxygen atoms in total. The van der Waals surface area contributed by atoms with Crippen LogP contribution in [0.25, 0.3) is 0 Å². The molecule has 5 heteroatoms. The molecule has 30 heavy (non-hydrogen) atoms. The van der Waals surface area contributed by atoms with Gasteiger partial charge in [0.15, 0.2) is 5.96 Å². The molecule has 160 valence electrons. The summed E-state index contributed by atoms with van der Waals surface area (Å²) >= 11 is 0. The number of guanidine groups is 1. The first kappa shape index (κ1) is 20.7. The minimum absolute atomic E-state index is 0.282. The number of piperidine rings is 1. The minimum atomic E-state index is 0.282. The molecule has 1 N–H and O–H groups in total. The number of likely N-dealkylation sites (tertiary alicyclic amines) is 2. The molecule has 0 aromatic heterocycles. The molecule has 2 heterocycles. The third kappa shape index (κ3) is 5.76. The molecule has 2 aromatic rings. The highest BCUT2D eigenvalue weighted by Crippen LogP contribution is 2.19. The number of rotatable bonds is 6. The smallest absolute Gasteiger partial charge is 0.193 e. The number of ether oxygens (including phenoxy) is 1. The molecule has 0 amide bonds. The third-order valence-electron chi connectivity index (χ3n) is 6.08. The van der Waals surface area contributed by atoms with E-state index in [1.807, 2.05) is 37.4 Å². The maximum atomic E-state index is 6.11. The highest BCUT2D eigenvalue weighted by molar-refractivity contribution is 5.80. The normalized spacial score (nSPS) is 18.6. The Bertz CT molecular complexity index is 792. The summed E-state index contributed by atoms with van der Waals surface area (Å²) in [5.41, 5.74) is 2.70. The average Bonchev–Trinajstić information content (AvgIpc) is 3.30. The molecule has 0 atom stereocenters. The van der Waals surface area contributed by atoms with Gasteiger partial charge in [-0.1, -0.05) is 42.5 Å². The van der Waals surface area contributed by atoms with E-state index in [9.17, 15) is 0 Å². The zero-order chi connectivity index (χ0) is 20.6. The van der Waals surface area contributed by atoms with E-state index >= 15 is 0 Å². The number of hydrogen-bond acceptors (Lipinski definition) is 3. The van der Waals surface area contributed by atoms with Crippen molar-refractivity contribution in [2.45, 2.75) is 44.9 Å². The summed E-state index contributed by atoms with van der Waals surface area (Å²) in [6, 6.07) is 19.1. The lowest BCUT2D eigenvalue weighted by Crippen LogP contribution is -2.47. The van der Waals surface area contributed by atoms with E-state index in [0.29, 0.717) is 0 Å². The van der Waals surface area contributed by atoms with Crippen molar-refractivity contribution in [3.05, 3.63) is 65.7 Å². The van der Waals surface area contributed by atoms with E-state index in [4.69, 9.17) is 4.74 Å². The lowest BCUT2D eigenvalue weighted by atomic mass is 10.1. The number of para-hydroxylation sites is 1. The summed E-state index contributed by atoms with van der Waals surface area (Å²) in [5, 5.41) is 3.54. The average molecular weight is 407 g/mol. The van der Waals surface area contributed by atoms with Crippen molar-refractivity contribution in [1.29, 1.82) is 0 Å². The van der Waals surface area contributed by atoms with Crippen LogP contribution in [0.1, 0.15) is 36.8 Å². The van der Waals surface area contributed by atoms with Crippen LogP contribution in [0.4, 0.5) is 0 Å². The van der Waals surface area contributed by atoms with E-state index in [1.54, 1.807) is 0 Å². The van der Waals surface area contributed by atoms with Crippen molar-refractivity contribution in [2.75, 3.05) is 33.2 Å². The molecule has 0 bridgehead atoms. The van der Waals surface area contributed by atoms with Crippen LogP contribution in [0.3, 0.4) is 0 Å². The van der Waals surface area contributed by atoms with Gasteiger partial charge < -0.3 is 15.0 Å². The minimum Gasteiger partial charge on any atom is -0.490 e. The summed E-state index contributed by atoms with van der Waals surface area (Å²) < 4.78 is 6.11. The number of hydrogen-bond donors (Lipinski definition) is 1. The second-order valence-electron chi connectivity index (χ2n) is 8.32. The Morgan fingerprint density at radius 3 is 2.27 bits per heavy atom. The van der Waals surface area contributed by atoms with Gasteiger partial charge >= 0.3 is 0 Å². The lowest BCUT2D eigenvalue weighted by molar-refractivity contribution is 0.129. The zero-order valence-corrected chi connectivity index (χ0v) is 18.1. The molecule has 2 saturated heterocycles. The summed E-state index contributed by atoms with van der Waals surface area (Å²) in [4.78, 5) is 9.39. The second-order valence-corrected chi connectivity index (χ2v) is 8.32. The van der Waals surface area contributed by atoms with Crippen LogP contribution in [0, 0.1) is 0 Å². The van der Waals surface area contributed by atoms with Crippen LogP contribution in [0.2, 0.25) is 0 Å². The summed E-state index contributed by atoms with van der Waals surface area (Å²) in [6.07, 6.45) is 5.00. The Morgan fingerprint density at radius 1 is 0.933 bits per heavy atom. The Morgan fingerprint density at radius 2 is 1.60 bits per heavy atom. The van der Waals surface area contributed by atoms with Crippen molar-refractivity contribution in [2.24, 2.45) is 4.99 Å². The predicted molar refractivity (Wildman–Crippen MR) is 123 cm³/mol. The van der Waals surface area contributed by atoms with E-state index in [-0.39, 0.29) is 6.10 Å². The van der Waals surface area contributed by atoms with Crippen molar-refractivity contribution in [1.82, 2.24) is 15.1 Å². The van der Waals surface area contributed by atoms with Gasteiger partial charge in [0, 0.05) is 46.1 Å². The first-order valence-electron chi connectivity index (χ1n) is 11.3. The van der Waals surface area contributed by atoms with E-state index < -0.39 is 0 Å². The van der Waals surface area contributed by atoms with E-state index in [1.165, 1.54) is 37.1 Å². The quantitative estimate of drug-likeness (QED) is 0.583. The highest BCUT2D eigenvalue weighted by Gasteiger charge is 2.22. The van der Waals surface area contributed by atoms with Gasteiger partial charge in [0.25, 0.3) is 0 Å². The van der Waals surface area contributed by atoms with Gasteiger partial charge in [-0.3, -0.25) is 9.89 Å². The Balaban J connectivity index is 1.22. The first-order valence-corrected chi connectivity index (χ1v) is 11.3. The zero-order valence-electron chi connectivity index (χ0n) is 18.1. The van der Waals surface area contributed by atoms with Gasteiger partial charge in [0.05, 0.1) is 0 Å². The van der Waals surface area contributed by atoms with Gasteiger partial charge in [0.1, 0.15) is 11.9 Å². The first-order chi connectivity index (χ1) is 14.8. The standard InChI is InChI=1S/C25H34N4O/c1-26-25(29-17-13-24(14-18-29)30-23-7-3-2-4-8-23)27-19-21-9-11-22(12-10-21)20-28-15-5-6-16-28/h2-4,7-12,24H,5-6,13-20H2,1H3,(H,26,27). The van der Waals surface area contributed by atoms with Crippen molar-refractivity contribution in [3.8, 4) is 5.75 Å². The molecule has 0 radical (unpaired) electrons. The topological polar surface area (TPSA) is 40.1 Å². The monoisotopic (exact) mass is 406 g/mol. The molecular weight excluding hydrogens is 372 g/mol. The van der Waals surface area contributed by atoms with E-state index in [0.717, 1.165) is 50.7 Å². The number of benzene rings is 2. The maximum absolute atomic E-state index is 6.11. The number of nitrogens with zero attached hydrogens (tertiary/aromatic N) is 3. The Hall–Kier alpha value is -2.53. The lowest BCUT2D eigenvalue weighted by Gasteiger charge is -2.34. The largest absolute Gasteiger partial charge is 0.490 e. The fourth-order valence-electron chi connectivity index (χ4n) is 4.35. The van der Waals surface area contributed by atoms with Crippen LogP contribution in [0.5, 0.6) is 5.75 Å². The predicted octanol–water partition coefficient (Wildman–Crippen LogP) is 3.90. The van der Waals surface area contributed by atoms with Crippen molar-refractivity contribution >= 4 is 5.96 Å². The van der Waals surface area contributed by atoms with Crippen LogP contribution in [-0.4, -0.2) is 55.1 Å². The fourth-order valence-corrected chi connectivity index (χ4v) is 4.35. The number of nitrogens with one attached hydrogen (secondary N) is 1. The molecule has 0 aliphatic carbocycles. The van der Waals surface area contributed by atoms with Gasteiger partial charge in [-0.05, 0) is 49.2 Å². The molecule has 0 spiro atoms. The van der Waals surface area contributed by atoms with Gasteiger partial charge in [0.2, 0.25) is 0 Å². The van der Waals surface area contributed by atoms with Crippen molar-refractivity contribution < 1.29 is 4.74 Å². The van der Waals surface area contributed by atoms with E-state index in [2.05, 4.69) is 44.4 Å². The third-order valence-corrected chi connectivity index (χ3v) is 6.08. The van der Waals surface area contributed by atoms with Gasteiger partial charge in [-0.15, -0.1) is 0 Å². The second kappa shape index (κ2) is 10.5. The van der Waals surface area contributed by atoms with Crippen LogP contribution in [0.15, 0.2) is 59.6 Å². The molecular formula is C25H34N4O. The summed E-state index contributed by atoms with van der Waals surface area (Å²) in [6.45, 7) is 6.30. The molecule has 2 aliphatic rings. The van der Waals surface area contributed by atoms with Gasteiger partial charge in [-0.25, -0.2) is 0 Å². The van der Waals surface area contributed by atoms with Crippen LogP contribution >= 0.6 is 0 Å². The maximum Gasteiger partial charge on any atom is 0.193 e. The highest BCUT2D eigenvalue weighted by atomic mass is 16.5. The SMILES string of the molecule is CN=C(NCc1ccc(CN2CCCC2)cc1)N1CCC(Oc2ccccc2)CC1. The molecule has 2 aromatic carbocycles. The summed E-state index contributed by atoms with van der Waals surface area (Å²) in [7, 11) is 1.87. The molecule has 2 fully saturated rings. The molecule has 2 aliphatic heterocycles. The van der Waals surface area contributed by atoms with Gasteiger partial charge in [-0.2, -0.15) is 0 Å².